The first-order chi connectivity index (χ1) is 12.0. The summed E-state index contributed by atoms with van der Waals surface area (Å²) in [5.74, 6) is 0.409. The number of nitrogens with zero attached hydrogens (tertiary/aromatic N) is 4. The van der Waals surface area contributed by atoms with Gasteiger partial charge in [0, 0.05) is 29.3 Å². The molecule has 0 amide bonds. The fourth-order valence-corrected chi connectivity index (χ4v) is 2.16. The Bertz CT molecular complexity index is 951. The summed E-state index contributed by atoms with van der Waals surface area (Å²) in [6, 6.07) is 9.88. The molecule has 0 atom stereocenters. The fraction of sp³-hybridized carbons (Fsp3) is 0.0667. The molecule has 0 spiro atoms. The van der Waals surface area contributed by atoms with Gasteiger partial charge in [-0.2, -0.15) is 4.98 Å². The minimum atomic E-state index is -0.573. The molecule has 0 saturated heterocycles. The quantitative estimate of drug-likeness (QED) is 0.509. The van der Waals surface area contributed by atoms with Crippen LogP contribution in [0.4, 0.5) is 11.4 Å². The van der Waals surface area contributed by atoms with Gasteiger partial charge in [-0.3, -0.25) is 20.2 Å². The number of methoxy groups -OCH3 is 1. The molecule has 3 aromatic rings. The molecule has 2 aromatic carbocycles. The number of aromatic nitrogens is 2. The Morgan fingerprint density at radius 2 is 1.68 bits per heavy atom. The van der Waals surface area contributed by atoms with Crippen LogP contribution in [0.5, 0.6) is 5.75 Å². The molecule has 126 valence electrons. The van der Waals surface area contributed by atoms with Crippen LogP contribution in [0.3, 0.4) is 0 Å². The van der Waals surface area contributed by atoms with Crippen LogP contribution >= 0.6 is 0 Å². The summed E-state index contributed by atoms with van der Waals surface area (Å²) in [6.07, 6.45) is 0. The van der Waals surface area contributed by atoms with E-state index in [1.54, 1.807) is 6.07 Å². The van der Waals surface area contributed by atoms with Gasteiger partial charge in [-0.15, -0.1) is 0 Å². The highest BCUT2D eigenvalue weighted by atomic mass is 16.6. The number of nitro groups is 2. The van der Waals surface area contributed by atoms with Crippen LogP contribution in [-0.4, -0.2) is 27.1 Å². The number of rotatable bonds is 5. The lowest BCUT2D eigenvalue weighted by atomic mass is 10.1. The molecule has 0 N–H and O–H groups in total. The maximum absolute atomic E-state index is 11.1. The van der Waals surface area contributed by atoms with E-state index < -0.39 is 9.85 Å². The molecule has 0 aliphatic carbocycles. The van der Waals surface area contributed by atoms with Crippen LogP contribution in [0.15, 0.2) is 47.0 Å². The molecule has 25 heavy (non-hydrogen) atoms. The van der Waals surface area contributed by atoms with Gasteiger partial charge in [0.1, 0.15) is 0 Å². The molecule has 10 nitrogen and oxygen atoms in total. The first-order valence-electron chi connectivity index (χ1n) is 6.91. The van der Waals surface area contributed by atoms with Gasteiger partial charge < -0.3 is 9.26 Å². The third-order valence-corrected chi connectivity index (χ3v) is 3.38. The molecule has 0 fully saturated rings. The topological polar surface area (TPSA) is 134 Å². The van der Waals surface area contributed by atoms with Crippen molar-refractivity contribution in [2.24, 2.45) is 0 Å². The van der Waals surface area contributed by atoms with E-state index in [1.807, 2.05) is 0 Å². The number of nitro benzene ring substituents is 2. The average Bonchev–Trinajstić information content (AvgIpc) is 3.11. The van der Waals surface area contributed by atoms with E-state index in [1.165, 1.54) is 43.5 Å². The molecular formula is C15H10N4O6. The Morgan fingerprint density at radius 1 is 1.00 bits per heavy atom. The van der Waals surface area contributed by atoms with Crippen LogP contribution in [0.2, 0.25) is 0 Å². The van der Waals surface area contributed by atoms with E-state index in [4.69, 9.17) is 9.26 Å². The molecule has 0 bridgehead atoms. The molecule has 0 saturated carbocycles. The molecular weight excluding hydrogens is 332 g/mol. The number of hydrogen-bond acceptors (Lipinski definition) is 8. The third kappa shape index (κ3) is 3.13. The van der Waals surface area contributed by atoms with Crippen molar-refractivity contribution in [3.05, 3.63) is 62.7 Å². The maximum Gasteiger partial charge on any atom is 0.311 e. The summed E-state index contributed by atoms with van der Waals surface area (Å²) in [6.45, 7) is 0. The SMILES string of the molecule is COc1ccc(-c2nc(-c3ccc([N+](=O)[O-])cc3)no2)cc1[N+](=O)[O-]. The van der Waals surface area contributed by atoms with Gasteiger partial charge in [0.05, 0.1) is 17.0 Å². The van der Waals surface area contributed by atoms with Gasteiger partial charge in [-0.1, -0.05) is 5.16 Å². The van der Waals surface area contributed by atoms with E-state index in [0.29, 0.717) is 11.1 Å². The van der Waals surface area contributed by atoms with Gasteiger partial charge in [-0.25, -0.2) is 0 Å². The molecule has 1 aromatic heterocycles. The minimum absolute atomic E-state index is 0.0572. The van der Waals surface area contributed by atoms with Crippen molar-refractivity contribution in [1.29, 1.82) is 0 Å². The van der Waals surface area contributed by atoms with Gasteiger partial charge in [0.2, 0.25) is 5.82 Å². The Morgan fingerprint density at radius 3 is 2.28 bits per heavy atom. The highest BCUT2D eigenvalue weighted by molar-refractivity contribution is 5.65. The largest absolute Gasteiger partial charge is 0.490 e. The van der Waals surface area contributed by atoms with Crippen molar-refractivity contribution < 1.29 is 19.1 Å². The van der Waals surface area contributed by atoms with E-state index >= 15 is 0 Å². The summed E-state index contributed by atoms with van der Waals surface area (Å²) in [5.41, 5.74) is 0.588. The zero-order valence-corrected chi connectivity index (χ0v) is 12.8. The highest BCUT2D eigenvalue weighted by Crippen LogP contribution is 2.32. The third-order valence-electron chi connectivity index (χ3n) is 3.38. The monoisotopic (exact) mass is 342 g/mol. The Balaban J connectivity index is 1.95. The summed E-state index contributed by atoms with van der Waals surface area (Å²) in [7, 11) is 1.33. The van der Waals surface area contributed by atoms with Crippen molar-refractivity contribution in [3.63, 3.8) is 0 Å². The number of non-ortho nitro benzene ring substituents is 1. The zero-order valence-electron chi connectivity index (χ0n) is 12.8. The van der Waals surface area contributed by atoms with E-state index in [9.17, 15) is 20.2 Å². The van der Waals surface area contributed by atoms with Gasteiger partial charge in [0.25, 0.3) is 11.6 Å². The predicted octanol–water partition coefficient (Wildman–Crippen LogP) is 3.23. The standard InChI is InChI=1S/C15H10N4O6/c1-24-13-7-4-10(8-12(13)19(22)23)15-16-14(17-25-15)9-2-5-11(6-3-9)18(20)21/h2-8H,1H3. The van der Waals surface area contributed by atoms with E-state index in [-0.39, 0.29) is 28.8 Å². The molecule has 3 rings (SSSR count). The molecule has 0 aliphatic rings. The fourth-order valence-electron chi connectivity index (χ4n) is 2.16. The molecule has 0 radical (unpaired) electrons. The van der Waals surface area contributed by atoms with Crippen LogP contribution in [0.25, 0.3) is 22.8 Å². The van der Waals surface area contributed by atoms with E-state index in [0.717, 1.165) is 0 Å². The number of ether oxygens (including phenoxy) is 1. The second-order valence-electron chi connectivity index (χ2n) is 4.87. The molecule has 0 unspecified atom stereocenters. The first kappa shape index (κ1) is 16.1. The predicted molar refractivity (Wildman–Crippen MR) is 85.0 cm³/mol. The Labute approximate surface area is 140 Å². The van der Waals surface area contributed by atoms with Crippen LogP contribution in [-0.2, 0) is 0 Å². The van der Waals surface area contributed by atoms with Gasteiger partial charge in [-0.05, 0) is 24.3 Å². The van der Waals surface area contributed by atoms with Gasteiger partial charge >= 0.3 is 5.69 Å². The van der Waals surface area contributed by atoms with Crippen LogP contribution in [0.1, 0.15) is 0 Å². The van der Waals surface area contributed by atoms with Crippen molar-refractivity contribution in [2.45, 2.75) is 0 Å². The van der Waals surface area contributed by atoms with E-state index in [2.05, 4.69) is 10.1 Å². The minimum Gasteiger partial charge on any atom is -0.490 e. The lowest BCUT2D eigenvalue weighted by Crippen LogP contribution is -1.94. The normalized spacial score (nSPS) is 10.4. The lowest BCUT2D eigenvalue weighted by Gasteiger charge is -2.01. The Hall–Kier alpha value is -3.82. The summed E-state index contributed by atoms with van der Waals surface area (Å²) >= 11 is 0. The van der Waals surface area contributed by atoms with Crippen molar-refractivity contribution in [3.8, 4) is 28.6 Å². The molecule has 10 heteroatoms. The smallest absolute Gasteiger partial charge is 0.311 e. The van der Waals surface area contributed by atoms with Crippen LogP contribution < -0.4 is 4.74 Å². The number of benzene rings is 2. The summed E-state index contributed by atoms with van der Waals surface area (Å²) in [4.78, 5) is 24.8. The van der Waals surface area contributed by atoms with Crippen LogP contribution in [0, 0.1) is 20.2 Å². The zero-order chi connectivity index (χ0) is 18.0. The lowest BCUT2D eigenvalue weighted by molar-refractivity contribution is -0.385. The summed E-state index contributed by atoms with van der Waals surface area (Å²) < 4.78 is 10.1. The second kappa shape index (κ2) is 6.35. The van der Waals surface area contributed by atoms with Gasteiger partial charge in [0.15, 0.2) is 5.75 Å². The second-order valence-corrected chi connectivity index (χ2v) is 4.87. The highest BCUT2D eigenvalue weighted by Gasteiger charge is 2.19. The molecule has 0 aliphatic heterocycles. The summed E-state index contributed by atoms with van der Waals surface area (Å²) in [5, 5.41) is 25.5. The van der Waals surface area contributed by atoms with Crippen molar-refractivity contribution in [1.82, 2.24) is 10.1 Å². The number of hydrogen-bond donors (Lipinski definition) is 0. The first-order valence-corrected chi connectivity index (χ1v) is 6.91. The van der Waals surface area contributed by atoms with Crippen molar-refractivity contribution in [2.75, 3.05) is 7.11 Å². The van der Waals surface area contributed by atoms with Crippen molar-refractivity contribution >= 4 is 11.4 Å². The molecule has 1 heterocycles. The average molecular weight is 342 g/mol. The Kier molecular flexibility index (Phi) is 4.08. The maximum atomic E-state index is 11.1.